The Balaban J connectivity index is 2.18. The molecular formula is C14H19N3. The van der Waals surface area contributed by atoms with Crippen LogP contribution in [0.15, 0.2) is 6.33 Å². The van der Waals surface area contributed by atoms with E-state index in [1.165, 1.54) is 24.1 Å². The highest BCUT2D eigenvalue weighted by atomic mass is 15.0. The van der Waals surface area contributed by atoms with Crippen molar-refractivity contribution in [2.45, 2.75) is 51.5 Å². The number of anilines is 1. The van der Waals surface area contributed by atoms with Crippen molar-refractivity contribution in [2.75, 3.05) is 5.32 Å². The van der Waals surface area contributed by atoms with Crippen molar-refractivity contribution in [1.82, 2.24) is 9.97 Å². The average Bonchev–Trinajstić information content (AvgIpc) is 2.38. The molecule has 1 aromatic heterocycles. The van der Waals surface area contributed by atoms with Gasteiger partial charge in [0, 0.05) is 23.7 Å². The molecule has 17 heavy (non-hydrogen) atoms. The summed E-state index contributed by atoms with van der Waals surface area (Å²) in [4.78, 5) is 8.74. The lowest BCUT2D eigenvalue weighted by Crippen LogP contribution is -2.21. The smallest absolute Gasteiger partial charge is 0.133 e. The molecule has 1 heterocycles. The average molecular weight is 229 g/mol. The minimum absolute atomic E-state index is 0.320. The summed E-state index contributed by atoms with van der Waals surface area (Å²) in [7, 11) is 0. The van der Waals surface area contributed by atoms with Crippen LogP contribution in [0.4, 0.5) is 5.82 Å². The standard InChI is InChI=1S/C14H19N3/c1-3-7-11(4-2)17-14-12-8-5-6-9-13(12)15-10-16-14/h1,10-11H,4-9H2,2H3,(H,15,16,17). The topological polar surface area (TPSA) is 37.8 Å². The molecule has 1 N–H and O–H groups in total. The molecule has 1 aliphatic rings. The Morgan fingerprint density at radius 3 is 3.00 bits per heavy atom. The van der Waals surface area contributed by atoms with E-state index >= 15 is 0 Å². The van der Waals surface area contributed by atoms with Gasteiger partial charge in [0.15, 0.2) is 0 Å². The van der Waals surface area contributed by atoms with E-state index in [4.69, 9.17) is 6.42 Å². The zero-order valence-electron chi connectivity index (χ0n) is 10.4. The zero-order valence-corrected chi connectivity index (χ0v) is 10.4. The lowest BCUT2D eigenvalue weighted by molar-refractivity contribution is 0.655. The summed E-state index contributed by atoms with van der Waals surface area (Å²) >= 11 is 0. The van der Waals surface area contributed by atoms with E-state index in [0.29, 0.717) is 6.04 Å². The maximum atomic E-state index is 5.37. The summed E-state index contributed by atoms with van der Waals surface area (Å²) in [5.41, 5.74) is 2.51. The van der Waals surface area contributed by atoms with E-state index < -0.39 is 0 Å². The van der Waals surface area contributed by atoms with Crippen LogP contribution in [-0.4, -0.2) is 16.0 Å². The molecule has 0 radical (unpaired) electrons. The number of hydrogen-bond acceptors (Lipinski definition) is 3. The van der Waals surface area contributed by atoms with E-state index in [9.17, 15) is 0 Å². The minimum Gasteiger partial charge on any atom is -0.366 e. The molecule has 0 fully saturated rings. The molecule has 0 saturated heterocycles. The molecule has 0 aliphatic heterocycles. The van der Waals surface area contributed by atoms with Crippen molar-refractivity contribution in [2.24, 2.45) is 0 Å². The number of nitrogens with zero attached hydrogens (tertiary/aromatic N) is 2. The number of aryl methyl sites for hydroxylation is 1. The fourth-order valence-electron chi connectivity index (χ4n) is 2.28. The van der Waals surface area contributed by atoms with Gasteiger partial charge >= 0.3 is 0 Å². The normalized spacial score (nSPS) is 15.8. The Morgan fingerprint density at radius 2 is 2.24 bits per heavy atom. The first kappa shape index (κ1) is 11.9. The van der Waals surface area contributed by atoms with Crippen LogP contribution >= 0.6 is 0 Å². The van der Waals surface area contributed by atoms with Crippen molar-refractivity contribution < 1.29 is 0 Å². The van der Waals surface area contributed by atoms with Crippen LogP contribution in [0.5, 0.6) is 0 Å². The van der Waals surface area contributed by atoms with E-state index in [0.717, 1.165) is 31.5 Å². The second-order valence-corrected chi connectivity index (χ2v) is 4.51. The fourth-order valence-corrected chi connectivity index (χ4v) is 2.28. The molecule has 0 saturated carbocycles. The predicted molar refractivity (Wildman–Crippen MR) is 69.8 cm³/mol. The Bertz CT molecular complexity index is 420. The number of rotatable bonds is 4. The Kier molecular flexibility index (Phi) is 3.98. The van der Waals surface area contributed by atoms with Crippen LogP contribution in [0.25, 0.3) is 0 Å². The highest BCUT2D eigenvalue weighted by Gasteiger charge is 2.16. The number of hydrogen-bond donors (Lipinski definition) is 1. The second-order valence-electron chi connectivity index (χ2n) is 4.51. The van der Waals surface area contributed by atoms with Crippen LogP contribution in [0, 0.1) is 12.3 Å². The van der Waals surface area contributed by atoms with Crippen LogP contribution in [-0.2, 0) is 12.8 Å². The van der Waals surface area contributed by atoms with E-state index in [2.05, 4.69) is 28.1 Å². The molecule has 0 spiro atoms. The highest BCUT2D eigenvalue weighted by Crippen LogP contribution is 2.25. The Morgan fingerprint density at radius 1 is 1.41 bits per heavy atom. The molecule has 1 aromatic rings. The maximum absolute atomic E-state index is 5.37. The number of fused-ring (bicyclic) bond motifs is 1. The SMILES string of the molecule is C#CCC(CC)Nc1ncnc2c1CCCC2. The van der Waals surface area contributed by atoms with Crippen LogP contribution in [0.1, 0.15) is 43.9 Å². The molecule has 90 valence electrons. The van der Waals surface area contributed by atoms with Crippen LogP contribution in [0.3, 0.4) is 0 Å². The number of nitrogens with one attached hydrogen (secondary N) is 1. The van der Waals surface area contributed by atoms with Crippen LogP contribution < -0.4 is 5.32 Å². The van der Waals surface area contributed by atoms with Crippen molar-refractivity contribution in [3.63, 3.8) is 0 Å². The van der Waals surface area contributed by atoms with Gasteiger partial charge in [0.1, 0.15) is 12.1 Å². The first-order chi connectivity index (χ1) is 8.35. The van der Waals surface area contributed by atoms with Gasteiger partial charge in [-0.15, -0.1) is 12.3 Å². The summed E-state index contributed by atoms with van der Waals surface area (Å²) in [5, 5.41) is 3.46. The van der Waals surface area contributed by atoms with Gasteiger partial charge < -0.3 is 5.32 Å². The van der Waals surface area contributed by atoms with Crippen molar-refractivity contribution in [3.8, 4) is 12.3 Å². The van der Waals surface area contributed by atoms with Gasteiger partial charge in [0.25, 0.3) is 0 Å². The minimum atomic E-state index is 0.320. The quantitative estimate of drug-likeness (QED) is 0.806. The van der Waals surface area contributed by atoms with Gasteiger partial charge in [-0.25, -0.2) is 9.97 Å². The molecule has 0 amide bonds. The van der Waals surface area contributed by atoms with Gasteiger partial charge in [0.2, 0.25) is 0 Å². The third-order valence-electron chi connectivity index (χ3n) is 3.32. The lowest BCUT2D eigenvalue weighted by Gasteiger charge is -2.21. The van der Waals surface area contributed by atoms with Crippen molar-refractivity contribution in [1.29, 1.82) is 0 Å². The van der Waals surface area contributed by atoms with E-state index in [1.807, 2.05) is 0 Å². The predicted octanol–water partition coefficient (Wildman–Crippen LogP) is 2.57. The largest absolute Gasteiger partial charge is 0.366 e. The second kappa shape index (κ2) is 5.67. The van der Waals surface area contributed by atoms with Gasteiger partial charge in [-0.05, 0) is 32.1 Å². The summed E-state index contributed by atoms with van der Waals surface area (Å²) in [6.07, 6.45) is 13.4. The zero-order chi connectivity index (χ0) is 12.1. The monoisotopic (exact) mass is 229 g/mol. The Labute approximate surface area is 103 Å². The van der Waals surface area contributed by atoms with Crippen molar-refractivity contribution in [3.05, 3.63) is 17.6 Å². The molecule has 1 atom stereocenters. The lowest BCUT2D eigenvalue weighted by atomic mass is 9.96. The third-order valence-corrected chi connectivity index (χ3v) is 3.32. The van der Waals surface area contributed by atoms with Crippen molar-refractivity contribution >= 4 is 5.82 Å². The molecule has 0 bridgehead atoms. The first-order valence-corrected chi connectivity index (χ1v) is 6.38. The number of aromatic nitrogens is 2. The van der Waals surface area contributed by atoms with Gasteiger partial charge in [-0.3, -0.25) is 0 Å². The Hall–Kier alpha value is -1.56. The molecule has 1 aliphatic carbocycles. The maximum Gasteiger partial charge on any atom is 0.133 e. The summed E-state index contributed by atoms with van der Waals surface area (Å²) in [6, 6.07) is 0.320. The third kappa shape index (κ3) is 2.76. The first-order valence-electron chi connectivity index (χ1n) is 6.38. The molecule has 3 heteroatoms. The highest BCUT2D eigenvalue weighted by molar-refractivity contribution is 5.47. The summed E-state index contributed by atoms with van der Waals surface area (Å²) in [6.45, 7) is 2.14. The van der Waals surface area contributed by atoms with Crippen LogP contribution in [0.2, 0.25) is 0 Å². The molecule has 0 aromatic carbocycles. The molecule has 2 rings (SSSR count). The molecular weight excluding hydrogens is 210 g/mol. The number of terminal acetylenes is 1. The van der Waals surface area contributed by atoms with Gasteiger partial charge in [0.05, 0.1) is 0 Å². The summed E-state index contributed by atoms with van der Waals surface area (Å²) < 4.78 is 0. The summed E-state index contributed by atoms with van der Waals surface area (Å²) in [5.74, 6) is 3.71. The van der Waals surface area contributed by atoms with Gasteiger partial charge in [-0.2, -0.15) is 0 Å². The molecule has 3 nitrogen and oxygen atoms in total. The fraction of sp³-hybridized carbons (Fsp3) is 0.571. The van der Waals surface area contributed by atoms with E-state index in [-0.39, 0.29) is 0 Å². The van der Waals surface area contributed by atoms with E-state index in [1.54, 1.807) is 6.33 Å². The van der Waals surface area contributed by atoms with Gasteiger partial charge in [-0.1, -0.05) is 6.92 Å². The molecule has 1 unspecified atom stereocenters.